The van der Waals surface area contributed by atoms with E-state index < -0.39 is 41.6 Å². The van der Waals surface area contributed by atoms with Crippen LogP contribution in [0, 0.1) is 17.8 Å². The maximum Gasteiger partial charge on any atom is 0.311 e. The van der Waals surface area contributed by atoms with Crippen molar-refractivity contribution in [3.05, 3.63) is 23.8 Å². The van der Waals surface area contributed by atoms with E-state index in [1.165, 1.54) is 13.8 Å². The molecular formula is C26H40O9. The number of fused-ring (bicyclic) bond motifs is 1. The molecule has 0 bridgehead atoms. The summed E-state index contributed by atoms with van der Waals surface area (Å²) in [5.41, 5.74) is 0.607. The molecule has 0 spiro atoms. The van der Waals surface area contributed by atoms with E-state index in [2.05, 4.69) is 6.58 Å². The van der Waals surface area contributed by atoms with E-state index in [-0.39, 0.29) is 37.8 Å². The lowest BCUT2D eigenvalue weighted by Gasteiger charge is -2.29. The highest BCUT2D eigenvalue weighted by molar-refractivity contribution is 5.73. The van der Waals surface area contributed by atoms with Crippen molar-refractivity contribution in [2.45, 2.75) is 84.2 Å². The van der Waals surface area contributed by atoms with Crippen LogP contribution in [0.5, 0.6) is 0 Å². The van der Waals surface area contributed by atoms with E-state index in [0.717, 1.165) is 0 Å². The van der Waals surface area contributed by atoms with Crippen LogP contribution in [-0.4, -0.2) is 71.9 Å². The molecule has 1 heterocycles. The summed E-state index contributed by atoms with van der Waals surface area (Å²) in [6.45, 7) is 11.8. The average Bonchev–Trinajstić information content (AvgIpc) is 3.50. The van der Waals surface area contributed by atoms with Crippen LogP contribution in [0.2, 0.25) is 0 Å². The number of esters is 3. The smallest absolute Gasteiger partial charge is 0.311 e. The number of hydrogen-bond donors (Lipinski definition) is 2. The maximum atomic E-state index is 12.6. The number of rotatable bonds is 10. The number of ether oxygens (including phenoxy) is 4. The Balaban J connectivity index is 2.33. The molecule has 2 N–H and O–H groups in total. The fourth-order valence-electron chi connectivity index (χ4n) is 4.03. The van der Waals surface area contributed by atoms with Gasteiger partial charge in [-0.15, -0.1) is 0 Å². The Morgan fingerprint density at radius 2 is 1.86 bits per heavy atom. The minimum atomic E-state index is -0.863. The third-order valence-electron chi connectivity index (χ3n) is 6.80. The van der Waals surface area contributed by atoms with Crippen LogP contribution in [0.15, 0.2) is 23.8 Å². The molecule has 6 atom stereocenters. The number of aliphatic hydroxyl groups excluding tert-OH is 2. The van der Waals surface area contributed by atoms with Gasteiger partial charge in [0.2, 0.25) is 0 Å². The molecule has 0 saturated carbocycles. The molecule has 0 aromatic rings. The van der Waals surface area contributed by atoms with E-state index in [1.54, 1.807) is 20.8 Å². The Kier molecular flexibility index (Phi) is 10.5. The summed E-state index contributed by atoms with van der Waals surface area (Å²) in [4.78, 5) is 36.3. The summed E-state index contributed by atoms with van der Waals surface area (Å²) in [6, 6.07) is 0. The number of aliphatic hydroxyl groups is 2. The van der Waals surface area contributed by atoms with E-state index in [9.17, 15) is 24.6 Å². The summed E-state index contributed by atoms with van der Waals surface area (Å²) in [5, 5.41) is 19.7. The normalized spacial score (nSPS) is 29.6. The minimum Gasteiger partial charge on any atom is -0.461 e. The van der Waals surface area contributed by atoms with Gasteiger partial charge in [-0.05, 0) is 51.0 Å². The second-order valence-corrected chi connectivity index (χ2v) is 9.97. The number of epoxide rings is 1. The lowest BCUT2D eigenvalue weighted by Crippen LogP contribution is -2.32. The van der Waals surface area contributed by atoms with Crippen molar-refractivity contribution in [2.75, 3.05) is 19.8 Å². The lowest BCUT2D eigenvalue weighted by molar-refractivity contribution is -0.153. The van der Waals surface area contributed by atoms with Crippen molar-refractivity contribution in [2.24, 2.45) is 17.8 Å². The van der Waals surface area contributed by atoms with Gasteiger partial charge in [0.05, 0.1) is 30.7 Å². The number of carbonyl (C=O) groups excluding carboxylic acids is 3. The molecule has 0 radical (unpaired) electrons. The topological polar surface area (TPSA) is 132 Å². The molecule has 1 aliphatic carbocycles. The van der Waals surface area contributed by atoms with Crippen molar-refractivity contribution in [3.63, 3.8) is 0 Å². The summed E-state index contributed by atoms with van der Waals surface area (Å²) in [5.74, 6) is -2.69. The Morgan fingerprint density at radius 1 is 1.17 bits per heavy atom. The van der Waals surface area contributed by atoms with Gasteiger partial charge in [0.15, 0.2) is 0 Å². The first-order valence-corrected chi connectivity index (χ1v) is 12.2. The fourth-order valence-corrected chi connectivity index (χ4v) is 4.03. The zero-order valence-electron chi connectivity index (χ0n) is 21.5. The van der Waals surface area contributed by atoms with Gasteiger partial charge < -0.3 is 29.2 Å². The van der Waals surface area contributed by atoms with Gasteiger partial charge in [-0.3, -0.25) is 14.4 Å². The van der Waals surface area contributed by atoms with Crippen molar-refractivity contribution in [1.29, 1.82) is 0 Å². The van der Waals surface area contributed by atoms with Gasteiger partial charge in [-0.1, -0.05) is 26.5 Å². The lowest BCUT2D eigenvalue weighted by atomic mass is 9.83. The summed E-state index contributed by atoms with van der Waals surface area (Å²) in [6.07, 6.45) is 2.04. The Labute approximate surface area is 207 Å². The standard InChI is InChI=1S/C26H40O9/c1-15(2)24(30)34-22-10-21(16(3)12-32-19(6)29)11-23-26(14-27,35-23)9-7-8-20(22)13-33-25(31)17(4)18(5)28/h8,15,17-18,21-23,27-28H,3,7,9-14H2,1-2,4-6H3/b20-8+/t17-,18+,21-,22+,23-,26+/m1/s1. The molecule has 9 heteroatoms. The monoisotopic (exact) mass is 496 g/mol. The Hall–Kier alpha value is -2.23. The van der Waals surface area contributed by atoms with Crippen LogP contribution in [-0.2, 0) is 33.3 Å². The van der Waals surface area contributed by atoms with Crippen molar-refractivity contribution < 1.29 is 43.5 Å². The molecule has 198 valence electrons. The van der Waals surface area contributed by atoms with Gasteiger partial charge in [0.25, 0.3) is 0 Å². The van der Waals surface area contributed by atoms with Gasteiger partial charge in [-0.25, -0.2) is 0 Å². The highest BCUT2D eigenvalue weighted by Crippen LogP contribution is 2.46. The number of hydrogen-bond acceptors (Lipinski definition) is 9. The van der Waals surface area contributed by atoms with Crippen LogP contribution < -0.4 is 0 Å². The summed E-state index contributed by atoms with van der Waals surface area (Å²) >= 11 is 0. The van der Waals surface area contributed by atoms with Crippen molar-refractivity contribution in [1.82, 2.24) is 0 Å². The first-order valence-electron chi connectivity index (χ1n) is 12.2. The summed E-state index contributed by atoms with van der Waals surface area (Å²) in [7, 11) is 0. The van der Waals surface area contributed by atoms with Crippen LogP contribution in [0.3, 0.4) is 0 Å². The Bertz CT molecular complexity index is 816. The maximum absolute atomic E-state index is 12.6. The average molecular weight is 497 g/mol. The predicted molar refractivity (Wildman–Crippen MR) is 127 cm³/mol. The van der Waals surface area contributed by atoms with Crippen LogP contribution >= 0.6 is 0 Å². The Morgan fingerprint density at radius 3 is 2.43 bits per heavy atom. The third kappa shape index (κ3) is 8.15. The van der Waals surface area contributed by atoms with Gasteiger partial charge >= 0.3 is 17.9 Å². The van der Waals surface area contributed by atoms with Crippen molar-refractivity contribution >= 4 is 17.9 Å². The van der Waals surface area contributed by atoms with Crippen LogP contribution in [0.4, 0.5) is 0 Å². The molecule has 35 heavy (non-hydrogen) atoms. The molecule has 9 nitrogen and oxygen atoms in total. The van der Waals surface area contributed by atoms with E-state index in [4.69, 9.17) is 18.9 Å². The zero-order valence-corrected chi connectivity index (χ0v) is 21.5. The van der Waals surface area contributed by atoms with E-state index >= 15 is 0 Å². The minimum absolute atomic E-state index is 0.0175. The van der Waals surface area contributed by atoms with E-state index in [1.807, 2.05) is 6.08 Å². The summed E-state index contributed by atoms with van der Waals surface area (Å²) < 4.78 is 22.4. The molecule has 0 aromatic heterocycles. The molecule has 0 aromatic carbocycles. The highest BCUT2D eigenvalue weighted by atomic mass is 16.6. The quantitative estimate of drug-likeness (QED) is 0.203. The third-order valence-corrected chi connectivity index (χ3v) is 6.80. The predicted octanol–water partition coefficient (Wildman–Crippen LogP) is 2.48. The molecule has 0 amide bonds. The molecular weight excluding hydrogens is 456 g/mol. The molecule has 1 fully saturated rings. The zero-order chi connectivity index (χ0) is 26.3. The first kappa shape index (κ1) is 29.0. The second kappa shape index (κ2) is 12.6. The van der Waals surface area contributed by atoms with Crippen molar-refractivity contribution in [3.8, 4) is 0 Å². The molecule has 1 aliphatic heterocycles. The largest absolute Gasteiger partial charge is 0.461 e. The SMILES string of the molecule is C=C(COC(C)=O)[C@@H]1C[C@H](OC(=O)C(C)C)/C(COC(=O)[C@H](C)[C@H](C)O)=C/CC[C@@]2(CO)O[C@@H]2C1. The fraction of sp³-hybridized carbons (Fsp3) is 0.731. The molecule has 2 rings (SSSR count). The second-order valence-electron chi connectivity index (χ2n) is 9.97. The van der Waals surface area contributed by atoms with Gasteiger partial charge in [0, 0.05) is 12.5 Å². The van der Waals surface area contributed by atoms with Crippen LogP contribution in [0.1, 0.15) is 60.3 Å². The molecule has 2 aliphatic rings. The van der Waals surface area contributed by atoms with E-state index in [0.29, 0.717) is 36.8 Å². The first-order chi connectivity index (χ1) is 16.4. The number of carbonyl (C=O) groups is 3. The van der Waals surface area contributed by atoms with Gasteiger partial charge in [0.1, 0.15) is 24.9 Å². The molecule has 0 unspecified atom stereocenters. The van der Waals surface area contributed by atoms with Gasteiger partial charge in [-0.2, -0.15) is 0 Å². The molecule has 1 saturated heterocycles. The highest BCUT2D eigenvalue weighted by Gasteiger charge is 2.56. The van der Waals surface area contributed by atoms with Crippen LogP contribution in [0.25, 0.3) is 0 Å². The number of allylic oxidation sites excluding steroid dienone is 1.